The number of ether oxygens (including phenoxy) is 6. The van der Waals surface area contributed by atoms with E-state index in [4.69, 9.17) is 62.8 Å². The molecule has 4 fully saturated rings. The molecule has 0 aromatic rings. The molecule has 0 unspecified atom stereocenters. The summed E-state index contributed by atoms with van der Waals surface area (Å²) >= 11 is 0. The van der Waals surface area contributed by atoms with Crippen LogP contribution in [0.15, 0.2) is 0 Å². The number of nitrogens with two attached hydrogens (primary N) is 6. The van der Waals surface area contributed by atoms with Crippen LogP contribution < -0.4 is 98.2 Å². The fourth-order valence-corrected chi connectivity index (χ4v) is 8.62. The van der Waals surface area contributed by atoms with E-state index in [-0.39, 0.29) is 85.0 Å². The van der Waals surface area contributed by atoms with Gasteiger partial charge in [0.1, 0.15) is 85.3 Å². The highest BCUT2D eigenvalue weighted by molar-refractivity contribution is 5.76. The summed E-state index contributed by atoms with van der Waals surface area (Å²) in [6.07, 6.45) is -27.3. The van der Waals surface area contributed by atoms with Crippen molar-refractivity contribution in [2.24, 2.45) is 34.4 Å². The van der Waals surface area contributed by atoms with E-state index in [2.05, 4.69) is 63.8 Å². The minimum absolute atomic E-state index is 0.00749. The number of amides is 12. The molecule has 0 spiro atoms. The average Bonchev–Trinajstić information content (AvgIpc) is 3.79. The molecule has 4 rings (SSSR count). The predicted octanol–water partition coefficient (Wildman–Crippen LogP) is -13.1. The van der Waals surface area contributed by atoms with Crippen molar-refractivity contribution in [2.75, 3.05) is 98.2 Å². The van der Waals surface area contributed by atoms with E-state index in [9.17, 15) is 64.5 Å². The molecule has 12 amide bonds. The maximum absolute atomic E-state index is 13.5. The Hall–Kier alpha value is -5.14. The molecule has 31 N–H and O–H groups in total. The van der Waals surface area contributed by atoms with Gasteiger partial charge in [-0.15, -0.1) is 0 Å². The number of carbonyl (C=O) groups is 6. The highest BCUT2D eigenvalue weighted by Crippen LogP contribution is 2.36. The molecule has 0 aromatic heterocycles. The van der Waals surface area contributed by atoms with Crippen molar-refractivity contribution in [2.45, 2.75) is 123 Å². The molecule has 3 aliphatic heterocycles. The van der Waals surface area contributed by atoms with Crippen LogP contribution in [0.5, 0.6) is 0 Å². The molecule has 4 aliphatic rings. The second kappa shape index (κ2) is 33.4. The van der Waals surface area contributed by atoms with E-state index in [0.29, 0.717) is 0 Å². The highest BCUT2D eigenvalue weighted by Gasteiger charge is 2.56. The summed E-state index contributed by atoms with van der Waals surface area (Å²) in [7, 11) is 0. The molecule has 37 nitrogen and oxygen atoms in total. The average molecular weight is 1130 g/mol. The van der Waals surface area contributed by atoms with Gasteiger partial charge in [-0.05, 0) is 6.42 Å². The lowest BCUT2D eigenvalue weighted by Crippen LogP contribution is -2.71. The summed E-state index contributed by atoms with van der Waals surface area (Å²) in [4.78, 5) is 77.7. The molecule has 3 heterocycles. The molecule has 3 saturated heterocycles. The molecule has 0 bridgehead atoms. The lowest BCUT2D eigenvalue weighted by atomic mass is 9.83. The van der Waals surface area contributed by atoms with Gasteiger partial charge in [-0.3, -0.25) is 0 Å². The number of rotatable bonds is 27. The van der Waals surface area contributed by atoms with E-state index in [1.165, 1.54) is 0 Å². The zero-order valence-corrected chi connectivity index (χ0v) is 42.8. The quantitative estimate of drug-likeness (QED) is 0.0363. The van der Waals surface area contributed by atoms with Gasteiger partial charge in [0, 0.05) is 91.6 Å². The Morgan fingerprint density at radius 1 is 0.385 bits per heavy atom. The Kier molecular flexibility index (Phi) is 28.0. The van der Waals surface area contributed by atoms with Crippen LogP contribution in [0.2, 0.25) is 0 Å². The van der Waals surface area contributed by atoms with Gasteiger partial charge in [-0.1, -0.05) is 0 Å². The number of aliphatic hydroxyl groups is 7. The Morgan fingerprint density at radius 2 is 0.731 bits per heavy atom. The smallest absolute Gasteiger partial charge is 0.315 e. The fourth-order valence-electron chi connectivity index (χ4n) is 8.62. The standard InChI is InChI=1S/C41H82N18O19/c42-1-7-48-36(67)54-14-19-25(62)27(64)22(58-40(71)52-11-5-46)33(73-19)76-30-18(57-39(70)51-10-4-45)13-17(56-38(69)50-9-3-44)24(61)32(30)78-35-29(66)31(21(16-60)75-35)77-34-23(59-41(72)53-12-6-47)28(65)26(63)20(74-34)15-55-37(68)49-8-2-43/h17-35,60-66H,1-16,42-47H2,(H2,48,54,67)(H2,49,55,68)(H2,50,56,69)(H2,51,57,70)(H2,52,58,71)(H2,53,59,72)/t17-,18+,19-,20+,21-,22-,23-,24+,25-,26-,27-,28-,29-,30-,31-,32-,33-,34-,35+/m1/s1. The summed E-state index contributed by atoms with van der Waals surface area (Å²) in [5.74, 6) is 0. The molecule has 450 valence electrons. The maximum atomic E-state index is 13.5. The Labute approximate surface area is 447 Å². The number of aliphatic hydroxyl groups excluding tert-OH is 7. The van der Waals surface area contributed by atoms with Crippen LogP contribution in [-0.4, -0.2) is 286 Å². The number of hydrogen-bond acceptors (Lipinski definition) is 25. The van der Waals surface area contributed by atoms with Crippen molar-refractivity contribution in [3.63, 3.8) is 0 Å². The molecule has 0 aromatic carbocycles. The first-order chi connectivity index (χ1) is 37.4. The predicted molar refractivity (Wildman–Crippen MR) is 267 cm³/mol. The Balaban J connectivity index is 1.78. The van der Waals surface area contributed by atoms with E-state index in [0.717, 1.165) is 0 Å². The van der Waals surface area contributed by atoms with Gasteiger partial charge in [0.2, 0.25) is 0 Å². The van der Waals surface area contributed by atoms with Gasteiger partial charge < -0.3 is 162 Å². The van der Waals surface area contributed by atoms with E-state index in [1.54, 1.807) is 0 Å². The van der Waals surface area contributed by atoms with E-state index < -0.39 is 172 Å². The first kappa shape index (κ1) is 65.4. The second-order valence-corrected chi connectivity index (χ2v) is 18.2. The first-order valence-corrected chi connectivity index (χ1v) is 25.4. The van der Waals surface area contributed by atoms with Crippen molar-refractivity contribution in [1.29, 1.82) is 0 Å². The monoisotopic (exact) mass is 1130 g/mol. The third-order valence-corrected chi connectivity index (χ3v) is 12.5. The number of carbonyl (C=O) groups excluding carboxylic acids is 6. The van der Waals surface area contributed by atoms with Gasteiger partial charge in [0.05, 0.1) is 18.7 Å². The van der Waals surface area contributed by atoms with Crippen LogP contribution in [0.3, 0.4) is 0 Å². The van der Waals surface area contributed by atoms with Crippen LogP contribution in [0.25, 0.3) is 0 Å². The Morgan fingerprint density at radius 3 is 1.13 bits per heavy atom. The third-order valence-electron chi connectivity index (χ3n) is 12.5. The summed E-state index contributed by atoms with van der Waals surface area (Å²) in [5.41, 5.74) is 33.3. The largest absolute Gasteiger partial charge is 0.394 e. The molecule has 78 heavy (non-hydrogen) atoms. The molecule has 1 saturated carbocycles. The second-order valence-electron chi connectivity index (χ2n) is 18.2. The summed E-state index contributed by atoms with van der Waals surface area (Å²) in [6.45, 7) is -1.66. The van der Waals surface area contributed by atoms with Crippen molar-refractivity contribution in [3.05, 3.63) is 0 Å². The van der Waals surface area contributed by atoms with Crippen molar-refractivity contribution < 1.29 is 92.9 Å². The molecular formula is C41H82N18O19. The van der Waals surface area contributed by atoms with Crippen LogP contribution in [0.1, 0.15) is 6.42 Å². The molecule has 1 aliphatic carbocycles. The van der Waals surface area contributed by atoms with E-state index in [1.807, 2.05) is 0 Å². The zero-order valence-electron chi connectivity index (χ0n) is 42.8. The topological polar surface area (TPSA) is 600 Å². The SMILES string of the molecule is NCCNC(=O)NC[C@@H]1O[C@H](O[C@H]2[C@@H](O)[C@H](O[C@@H]3[C@@H](O)[C@H](NC(=O)NCCN)C[C@H](NC(=O)NCCN)[C@H]3O[C@H]3O[C@H](CNC(=O)NCCN)[C@@H](O)[C@H](O)[C@H]3NC(=O)NCCN)O[C@@H]2CO)[C@H](NC(=O)NCCN)[C@@H](O)[C@@H]1O. The minimum atomic E-state index is -2.03. The van der Waals surface area contributed by atoms with Crippen molar-refractivity contribution in [3.8, 4) is 0 Å². The van der Waals surface area contributed by atoms with E-state index >= 15 is 0 Å². The molecular weight excluding hydrogens is 1050 g/mol. The van der Waals surface area contributed by atoms with Crippen molar-refractivity contribution in [1.82, 2.24) is 63.8 Å². The lowest BCUT2D eigenvalue weighted by Gasteiger charge is -2.49. The molecule has 0 radical (unpaired) electrons. The summed E-state index contributed by atoms with van der Waals surface area (Å²) in [5, 5.41) is 110. The number of urea groups is 6. The van der Waals surface area contributed by atoms with Crippen LogP contribution in [0.4, 0.5) is 28.8 Å². The van der Waals surface area contributed by atoms with Gasteiger partial charge in [0.25, 0.3) is 0 Å². The Bertz CT molecular complexity index is 1860. The van der Waals surface area contributed by atoms with Crippen LogP contribution in [-0.2, 0) is 28.4 Å². The third kappa shape index (κ3) is 19.0. The van der Waals surface area contributed by atoms with Gasteiger partial charge >= 0.3 is 36.2 Å². The molecule has 37 heteroatoms. The minimum Gasteiger partial charge on any atom is -0.394 e. The van der Waals surface area contributed by atoms with Crippen molar-refractivity contribution >= 4 is 36.2 Å². The van der Waals surface area contributed by atoms with Gasteiger partial charge in [-0.2, -0.15) is 0 Å². The zero-order chi connectivity index (χ0) is 57.5. The number of hydrogen-bond donors (Lipinski definition) is 25. The van der Waals surface area contributed by atoms with Gasteiger partial charge in [-0.25, -0.2) is 28.8 Å². The molecule has 19 atom stereocenters. The lowest BCUT2D eigenvalue weighted by molar-refractivity contribution is -0.310. The normalized spacial score (nSPS) is 33.6. The van der Waals surface area contributed by atoms with Crippen LogP contribution >= 0.6 is 0 Å². The first-order valence-electron chi connectivity index (χ1n) is 25.4. The number of nitrogens with one attached hydrogen (secondary N) is 12. The summed E-state index contributed by atoms with van der Waals surface area (Å²) in [6, 6.07) is -11.1. The van der Waals surface area contributed by atoms with Crippen LogP contribution in [0, 0.1) is 0 Å². The maximum Gasteiger partial charge on any atom is 0.315 e. The summed E-state index contributed by atoms with van der Waals surface area (Å²) < 4.78 is 37.2. The fraction of sp³-hybridized carbons (Fsp3) is 0.854. The highest BCUT2D eigenvalue weighted by atomic mass is 16.8. The van der Waals surface area contributed by atoms with Gasteiger partial charge in [0.15, 0.2) is 18.9 Å².